The molecular formula is C24H29N5O2. The first-order valence-electron chi connectivity index (χ1n) is 10.9. The SMILES string of the molecule is CCc1ccccc1NC(=O)C1CC(=O)NC(N2CCN(Cc3ccccc3)CC2)=N1. The normalized spacial score (nSPS) is 19.5. The summed E-state index contributed by atoms with van der Waals surface area (Å²) in [5.41, 5.74) is 3.14. The predicted octanol–water partition coefficient (Wildman–Crippen LogP) is 2.25. The first-order valence-corrected chi connectivity index (χ1v) is 10.9. The van der Waals surface area contributed by atoms with Crippen molar-refractivity contribution in [1.82, 2.24) is 15.1 Å². The number of nitrogens with zero attached hydrogens (tertiary/aromatic N) is 3. The zero-order valence-electron chi connectivity index (χ0n) is 17.9. The average Bonchev–Trinajstić information content (AvgIpc) is 2.80. The predicted molar refractivity (Wildman–Crippen MR) is 122 cm³/mol. The summed E-state index contributed by atoms with van der Waals surface area (Å²) in [6.07, 6.45) is 0.890. The summed E-state index contributed by atoms with van der Waals surface area (Å²) in [5.74, 6) is 0.108. The maximum Gasteiger partial charge on any atom is 0.249 e. The molecule has 0 bridgehead atoms. The minimum atomic E-state index is -0.712. The summed E-state index contributed by atoms with van der Waals surface area (Å²) in [6, 6.07) is 17.4. The second kappa shape index (κ2) is 9.75. The van der Waals surface area contributed by atoms with E-state index in [1.807, 2.05) is 37.3 Å². The minimum Gasteiger partial charge on any atom is -0.340 e. The van der Waals surface area contributed by atoms with Gasteiger partial charge in [-0.25, -0.2) is 4.99 Å². The molecule has 2 amide bonds. The van der Waals surface area contributed by atoms with Crippen LogP contribution in [0.2, 0.25) is 0 Å². The Bertz CT molecular complexity index is 951. The largest absolute Gasteiger partial charge is 0.340 e. The first kappa shape index (κ1) is 21.1. The number of amides is 2. The fourth-order valence-corrected chi connectivity index (χ4v) is 4.01. The van der Waals surface area contributed by atoms with Gasteiger partial charge in [-0.15, -0.1) is 0 Å². The molecule has 2 aliphatic rings. The highest BCUT2D eigenvalue weighted by molar-refractivity contribution is 6.06. The van der Waals surface area contributed by atoms with Gasteiger partial charge in [0.2, 0.25) is 17.8 Å². The van der Waals surface area contributed by atoms with Gasteiger partial charge in [0.25, 0.3) is 0 Å². The van der Waals surface area contributed by atoms with Crippen molar-refractivity contribution in [2.45, 2.75) is 32.4 Å². The van der Waals surface area contributed by atoms with Gasteiger partial charge in [0.05, 0.1) is 6.42 Å². The maximum atomic E-state index is 12.8. The van der Waals surface area contributed by atoms with Gasteiger partial charge in [0.1, 0.15) is 6.04 Å². The summed E-state index contributed by atoms with van der Waals surface area (Å²) in [7, 11) is 0. The summed E-state index contributed by atoms with van der Waals surface area (Å²) in [5, 5.41) is 5.82. The Labute approximate surface area is 183 Å². The molecule has 2 aromatic carbocycles. The van der Waals surface area contributed by atoms with Gasteiger partial charge < -0.3 is 10.2 Å². The number of hydrogen-bond donors (Lipinski definition) is 2. The van der Waals surface area contributed by atoms with E-state index in [1.165, 1.54) is 5.56 Å². The van der Waals surface area contributed by atoms with Gasteiger partial charge in [0.15, 0.2) is 0 Å². The zero-order valence-corrected chi connectivity index (χ0v) is 17.9. The topological polar surface area (TPSA) is 77.0 Å². The highest BCUT2D eigenvalue weighted by Gasteiger charge is 2.30. The van der Waals surface area contributed by atoms with Crippen molar-refractivity contribution in [3.05, 3.63) is 65.7 Å². The van der Waals surface area contributed by atoms with Crippen molar-refractivity contribution in [3.8, 4) is 0 Å². The highest BCUT2D eigenvalue weighted by Crippen LogP contribution is 2.18. The molecule has 2 heterocycles. The summed E-state index contributed by atoms with van der Waals surface area (Å²) in [6.45, 7) is 6.25. The van der Waals surface area contributed by atoms with Crippen molar-refractivity contribution in [1.29, 1.82) is 0 Å². The van der Waals surface area contributed by atoms with Crippen LogP contribution in [0.25, 0.3) is 0 Å². The molecule has 0 aromatic heterocycles. The van der Waals surface area contributed by atoms with Crippen LogP contribution in [0.15, 0.2) is 59.6 Å². The Morgan fingerprint density at radius 3 is 2.52 bits per heavy atom. The molecule has 1 fully saturated rings. The van der Waals surface area contributed by atoms with Gasteiger partial charge in [-0.2, -0.15) is 0 Å². The van der Waals surface area contributed by atoms with Crippen molar-refractivity contribution < 1.29 is 9.59 Å². The third kappa shape index (κ3) is 5.30. The molecular weight excluding hydrogens is 390 g/mol. The molecule has 7 heteroatoms. The second-order valence-corrected chi connectivity index (χ2v) is 7.97. The van der Waals surface area contributed by atoms with Gasteiger partial charge >= 0.3 is 0 Å². The first-order chi connectivity index (χ1) is 15.1. The van der Waals surface area contributed by atoms with E-state index in [9.17, 15) is 9.59 Å². The fourth-order valence-electron chi connectivity index (χ4n) is 4.01. The Hall–Kier alpha value is -3.19. The summed E-state index contributed by atoms with van der Waals surface area (Å²) in [4.78, 5) is 34.2. The van der Waals surface area contributed by atoms with Crippen LogP contribution >= 0.6 is 0 Å². The summed E-state index contributed by atoms with van der Waals surface area (Å²) < 4.78 is 0. The standard InChI is InChI=1S/C24H29N5O2/c1-2-19-10-6-7-11-20(19)25-23(31)21-16-22(30)27-24(26-21)29-14-12-28(13-15-29)17-18-8-4-3-5-9-18/h3-11,21H,2,12-17H2,1H3,(H,25,31)(H,26,27,30). The van der Waals surface area contributed by atoms with Crippen molar-refractivity contribution in [2.24, 2.45) is 4.99 Å². The number of piperazine rings is 1. The number of guanidine groups is 1. The molecule has 1 atom stereocenters. The summed E-state index contributed by atoms with van der Waals surface area (Å²) >= 11 is 0. The maximum absolute atomic E-state index is 12.8. The molecule has 2 aromatic rings. The van der Waals surface area contributed by atoms with Gasteiger partial charge in [-0.1, -0.05) is 55.5 Å². The third-order valence-electron chi connectivity index (χ3n) is 5.79. The Kier molecular flexibility index (Phi) is 6.62. The highest BCUT2D eigenvalue weighted by atomic mass is 16.2. The van der Waals surface area contributed by atoms with Crippen molar-refractivity contribution in [3.63, 3.8) is 0 Å². The third-order valence-corrected chi connectivity index (χ3v) is 5.79. The number of para-hydroxylation sites is 1. The monoisotopic (exact) mass is 419 g/mol. The Balaban J connectivity index is 1.38. The lowest BCUT2D eigenvalue weighted by atomic mass is 10.1. The van der Waals surface area contributed by atoms with Gasteiger partial charge in [-0.05, 0) is 23.6 Å². The van der Waals surface area contributed by atoms with E-state index in [-0.39, 0.29) is 18.2 Å². The molecule has 4 rings (SSSR count). The lowest BCUT2D eigenvalue weighted by Gasteiger charge is -2.37. The number of carbonyl (C=O) groups excluding carboxylic acids is 2. The number of aliphatic imine (C=N–C) groups is 1. The molecule has 162 valence electrons. The number of rotatable bonds is 5. The molecule has 1 saturated heterocycles. The number of hydrogen-bond acceptors (Lipinski definition) is 5. The van der Waals surface area contributed by atoms with E-state index in [1.54, 1.807) is 0 Å². The number of carbonyl (C=O) groups is 2. The molecule has 31 heavy (non-hydrogen) atoms. The van der Waals surface area contributed by atoms with Crippen molar-refractivity contribution >= 4 is 23.5 Å². The van der Waals surface area contributed by atoms with Gasteiger partial charge in [-0.3, -0.25) is 19.8 Å². The Morgan fingerprint density at radius 1 is 1.06 bits per heavy atom. The number of anilines is 1. The lowest BCUT2D eigenvalue weighted by molar-refractivity contribution is -0.125. The van der Waals surface area contributed by atoms with Crippen LogP contribution in [0.3, 0.4) is 0 Å². The van der Waals surface area contributed by atoms with Crippen LogP contribution in [0.5, 0.6) is 0 Å². The number of nitrogens with one attached hydrogen (secondary N) is 2. The molecule has 0 saturated carbocycles. The van der Waals surface area contributed by atoms with Gasteiger partial charge in [0, 0.05) is 38.4 Å². The molecule has 2 N–H and O–H groups in total. The molecule has 0 aliphatic carbocycles. The van der Waals surface area contributed by atoms with E-state index >= 15 is 0 Å². The molecule has 0 radical (unpaired) electrons. The van der Waals surface area contributed by atoms with Crippen LogP contribution in [-0.4, -0.2) is 59.8 Å². The Morgan fingerprint density at radius 2 is 1.77 bits per heavy atom. The quantitative estimate of drug-likeness (QED) is 0.779. The molecule has 0 spiro atoms. The van der Waals surface area contributed by atoms with E-state index in [4.69, 9.17) is 0 Å². The van der Waals surface area contributed by atoms with E-state index in [2.05, 4.69) is 49.7 Å². The average molecular weight is 420 g/mol. The number of aryl methyl sites for hydroxylation is 1. The van der Waals surface area contributed by atoms with Crippen LogP contribution in [0, 0.1) is 0 Å². The van der Waals surface area contributed by atoms with Crippen LogP contribution in [-0.2, 0) is 22.6 Å². The second-order valence-electron chi connectivity index (χ2n) is 7.97. The molecule has 7 nitrogen and oxygen atoms in total. The van der Waals surface area contributed by atoms with Crippen molar-refractivity contribution in [2.75, 3.05) is 31.5 Å². The zero-order chi connectivity index (χ0) is 21.6. The van der Waals surface area contributed by atoms with E-state index < -0.39 is 6.04 Å². The van der Waals surface area contributed by atoms with E-state index in [0.717, 1.165) is 50.4 Å². The minimum absolute atomic E-state index is 0.0671. The lowest BCUT2D eigenvalue weighted by Crippen LogP contribution is -2.56. The molecule has 1 unspecified atom stereocenters. The fraction of sp³-hybridized carbons (Fsp3) is 0.375. The van der Waals surface area contributed by atoms with Crippen LogP contribution < -0.4 is 10.6 Å². The van der Waals surface area contributed by atoms with Crippen LogP contribution in [0.1, 0.15) is 24.5 Å². The van der Waals surface area contributed by atoms with Crippen LogP contribution in [0.4, 0.5) is 5.69 Å². The molecule has 2 aliphatic heterocycles. The smallest absolute Gasteiger partial charge is 0.249 e. The number of benzene rings is 2. The van der Waals surface area contributed by atoms with E-state index in [0.29, 0.717) is 5.96 Å².